The fourth-order valence-corrected chi connectivity index (χ4v) is 4.85. The third kappa shape index (κ3) is 2.62. The molecule has 1 unspecified atom stereocenters. The summed E-state index contributed by atoms with van der Waals surface area (Å²) >= 11 is 0. The number of pyridine rings is 1. The molecular weight excluding hydrogens is 298 g/mol. The molecule has 5 nitrogen and oxygen atoms in total. The Morgan fingerprint density at radius 3 is 2.73 bits per heavy atom. The number of piperazine rings is 1. The van der Waals surface area contributed by atoms with Gasteiger partial charge in [0.1, 0.15) is 4.90 Å². The van der Waals surface area contributed by atoms with Gasteiger partial charge in [-0.3, -0.25) is 4.98 Å². The molecule has 2 aromatic rings. The van der Waals surface area contributed by atoms with Crippen LogP contribution in [0.2, 0.25) is 0 Å². The Balaban J connectivity index is 2.02. The van der Waals surface area contributed by atoms with Gasteiger partial charge < -0.3 is 4.90 Å². The molecule has 0 bridgehead atoms. The first-order valence-electron chi connectivity index (χ1n) is 7.62. The molecule has 1 saturated heterocycles. The van der Waals surface area contributed by atoms with Crippen LogP contribution < -0.4 is 0 Å². The predicted molar refractivity (Wildman–Crippen MR) is 87.2 cm³/mol. The molecule has 1 fully saturated rings. The number of likely N-dealkylation sites (N-methyl/N-ethyl adjacent to an activating group) is 1. The molecule has 0 N–H and O–H groups in total. The predicted octanol–water partition coefficient (Wildman–Crippen LogP) is 1.95. The van der Waals surface area contributed by atoms with E-state index < -0.39 is 10.0 Å². The fraction of sp³-hybridized carbons (Fsp3) is 0.438. The molecule has 1 aromatic carbocycles. The number of hydrogen-bond acceptors (Lipinski definition) is 4. The monoisotopic (exact) mass is 319 g/mol. The number of para-hydroxylation sites is 1. The van der Waals surface area contributed by atoms with E-state index in [4.69, 9.17) is 0 Å². The van der Waals surface area contributed by atoms with Crippen LogP contribution in [0.1, 0.15) is 13.8 Å². The van der Waals surface area contributed by atoms with E-state index in [1.807, 2.05) is 25.1 Å². The van der Waals surface area contributed by atoms with Crippen molar-refractivity contribution in [3.8, 4) is 0 Å². The summed E-state index contributed by atoms with van der Waals surface area (Å²) in [6.07, 6.45) is 1.64. The molecule has 118 valence electrons. The Hall–Kier alpha value is -1.50. The summed E-state index contributed by atoms with van der Waals surface area (Å²) < 4.78 is 27.8. The minimum absolute atomic E-state index is 0.0299. The summed E-state index contributed by atoms with van der Waals surface area (Å²) in [6.45, 7) is 7.10. The second-order valence-electron chi connectivity index (χ2n) is 5.69. The Morgan fingerprint density at radius 2 is 2.00 bits per heavy atom. The Morgan fingerprint density at radius 1 is 1.23 bits per heavy atom. The van der Waals surface area contributed by atoms with Crippen LogP contribution in [-0.4, -0.2) is 54.8 Å². The molecule has 2 heterocycles. The van der Waals surface area contributed by atoms with E-state index >= 15 is 0 Å². The lowest BCUT2D eigenvalue weighted by Crippen LogP contribution is -2.53. The average Bonchev–Trinajstić information content (AvgIpc) is 2.53. The van der Waals surface area contributed by atoms with E-state index in [0.29, 0.717) is 17.0 Å². The van der Waals surface area contributed by atoms with Gasteiger partial charge in [-0.15, -0.1) is 0 Å². The van der Waals surface area contributed by atoms with Gasteiger partial charge in [0.15, 0.2) is 0 Å². The van der Waals surface area contributed by atoms with Gasteiger partial charge in [-0.25, -0.2) is 8.42 Å². The second kappa shape index (κ2) is 5.95. The molecule has 0 spiro atoms. The van der Waals surface area contributed by atoms with Gasteiger partial charge in [-0.05, 0) is 25.6 Å². The summed E-state index contributed by atoms with van der Waals surface area (Å²) in [5.74, 6) is 0. The van der Waals surface area contributed by atoms with Crippen LogP contribution in [0.25, 0.3) is 10.9 Å². The molecule has 0 saturated carbocycles. The fourth-order valence-electron chi connectivity index (χ4n) is 3.07. The standard InChI is InChI=1S/C16H21N3O2S/c1-3-18-10-11-19(13(2)12-18)22(20,21)15-8-4-6-14-7-5-9-17-16(14)15/h4-9,13H,3,10-12H2,1-2H3. The van der Waals surface area contributed by atoms with Gasteiger partial charge in [-0.2, -0.15) is 4.31 Å². The topological polar surface area (TPSA) is 53.5 Å². The second-order valence-corrected chi connectivity index (χ2v) is 7.55. The first-order chi connectivity index (χ1) is 10.5. The first kappa shape index (κ1) is 15.4. The van der Waals surface area contributed by atoms with Crippen LogP contribution in [0.15, 0.2) is 41.4 Å². The summed E-state index contributed by atoms with van der Waals surface area (Å²) in [5.41, 5.74) is 0.551. The number of benzene rings is 1. The molecule has 0 amide bonds. The normalized spacial score (nSPS) is 21.3. The SMILES string of the molecule is CCN1CCN(S(=O)(=O)c2cccc3cccnc23)C(C)C1. The molecule has 1 aliphatic rings. The van der Waals surface area contributed by atoms with Crippen LogP contribution in [0.5, 0.6) is 0 Å². The highest BCUT2D eigenvalue weighted by atomic mass is 32.2. The Labute approximate surface area is 131 Å². The lowest BCUT2D eigenvalue weighted by atomic mass is 10.2. The average molecular weight is 319 g/mol. The zero-order valence-corrected chi connectivity index (χ0v) is 13.8. The van der Waals surface area contributed by atoms with E-state index in [1.165, 1.54) is 0 Å². The molecule has 0 aliphatic carbocycles. The van der Waals surface area contributed by atoms with Crippen molar-refractivity contribution in [2.75, 3.05) is 26.2 Å². The lowest BCUT2D eigenvalue weighted by molar-refractivity contribution is 0.150. The quantitative estimate of drug-likeness (QED) is 0.868. The van der Waals surface area contributed by atoms with Crippen LogP contribution in [-0.2, 0) is 10.0 Å². The third-order valence-corrected chi connectivity index (χ3v) is 6.33. The zero-order valence-electron chi connectivity index (χ0n) is 12.9. The largest absolute Gasteiger partial charge is 0.301 e. The van der Waals surface area contributed by atoms with Gasteiger partial charge in [0.25, 0.3) is 0 Å². The highest BCUT2D eigenvalue weighted by molar-refractivity contribution is 7.89. The maximum absolute atomic E-state index is 13.1. The number of rotatable bonds is 3. The number of hydrogen-bond donors (Lipinski definition) is 0. The molecule has 0 radical (unpaired) electrons. The van der Waals surface area contributed by atoms with E-state index in [0.717, 1.165) is 25.0 Å². The van der Waals surface area contributed by atoms with E-state index in [9.17, 15) is 8.42 Å². The van der Waals surface area contributed by atoms with Crippen LogP contribution in [0.4, 0.5) is 0 Å². The van der Waals surface area contributed by atoms with Gasteiger partial charge >= 0.3 is 0 Å². The Kier molecular flexibility index (Phi) is 4.16. The van der Waals surface area contributed by atoms with Gasteiger partial charge in [0.2, 0.25) is 10.0 Å². The first-order valence-corrected chi connectivity index (χ1v) is 9.06. The third-order valence-electron chi connectivity index (χ3n) is 4.28. The molecule has 22 heavy (non-hydrogen) atoms. The molecular formula is C16H21N3O2S. The molecule has 6 heteroatoms. The van der Waals surface area contributed by atoms with Crippen molar-refractivity contribution >= 4 is 20.9 Å². The van der Waals surface area contributed by atoms with Crippen molar-refractivity contribution in [1.29, 1.82) is 0 Å². The highest BCUT2D eigenvalue weighted by Gasteiger charge is 2.34. The van der Waals surface area contributed by atoms with E-state index in [2.05, 4.69) is 16.8 Å². The van der Waals surface area contributed by atoms with Crippen molar-refractivity contribution in [2.24, 2.45) is 0 Å². The molecule has 1 aromatic heterocycles. The number of nitrogens with zero attached hydrogens (tertiary/aromatic N) is 3. The number of fused-ring (bicyclic) bond motifs is 1. The zero-order chi connectivity index (χ0) is 15.7. The van der Waals surface area contributed by atoms with E-state index in [1.54, 1.807) is 22.6 Å². The van der Waals surface area contributed by atoms with E-state index in [-0.39, 0.29) is 6.04 Å². The van der Waals surface area contributed by atoms with Gasteiger partial charge in [0, 0.05) is 37.3 Å². The van der Waals surface area contributed by atoms with Crippen LogP contribution >= 0.6 is 0 Å². The maximum Gasteiger partial charge on any atom is 0.245 e. The van der Waals surface area contributed by atoms with Crippen LogP contribution in [0.3, 0.4) is 0 Å². The molecule has 1 aliphatic heterocycles. The van der Waals surface area contributed by atoms with Crippen molar-refractivity contribution in [2.45, 2.75) is 24.8 Å². The summed E-state index contributed by atoms with van der Waals surface area (Å²) in [5, 5.41) is 0.850. The number of sulfonamides is 1. The maximum atomic E-state index is 13.1. The smallest absolute Gasteiger partial charge is 0.245 e. The van der Waals surface area contributed by atoms with Gasteiger partial charge in [0.05, 0.1) is 5.52 Å². The minimum atomic E-state index is -3.53. The molecule has 1 atom stereocenters. The van der Waals surface area contributed by atoms with Gasteiger partial charge in [-0.1, -0.05) is 25.1 Å². The van der Waals surface area contributed by atoms with Crippen molar-refractivity contribution < 1.29 is 8.42 Å². The van der Waals surface area contributed by atoms with Crippen molar-refractivity contribution in [3.63, 3.8) is 0 Å². The van der Waals surface area contributed by atoms with Crippen molar-refractivity contribution in [3.05, 3.63) is 36.5 Å². The lowest BCUT2D eigenvalue weighted by Gasteiger charge is -2.38. The summed E-state index contributed by atoms with van der Waals surface area (Å²) in [6, 6.07) is 9.01. The highest BCUT2D eigenvalue weighted by Crippen LogP contribution is 2.26. The number of aromatic nitrogens is 1. The van der Waals surface area contributed by atoms with Crippen molar-refractivity contribution in [1.82, 2.24) is 14.2 Å². The summed E-state index contributed by atoms with van der Waals surface area (Å²) in [4.78, 5) is 6.87. The Bertz CT molecular complexity index is 771. The minimum Gasteiger partial charge on any atom is -0.301 e. The summed E-state index contributed by atoms with van der Waals surface area (Å²) in [7, 11) is -3.53. The van der Waals surface area contributed by atoms with Crippen LogP contribution in [0, 0.1) is 0 Å². The molecule has 3 rings (SSSR count).